The normalized spacial score (nSPS) is 23.4. The fourth-order valence-electron chi connectivity index (χ4n) is 6.46. The van der Waals surface area contributed by atoms with Gasteiger partial charge in [-0.05, 0) is 68.1 Å². The first kappa shape index (κ1) is 26.0. The second-order valence-corrected chi connectivity index (χ2v) is 12.7. The molecule has 4 fully saturated rings. The lowest BCUT2D eigenvalue weighted by atomic mass is 9.96. The molecule has 8 nitrogen and oxygen atoms in total. The van der Waals surface area contributed by atoms with Gasteiger partial charge in [-0.2, -0.15) is 0 Å². The first-order valence-electron chi connectivity index (χ1n) is 14.5. The van der Waals surface area contributed by atoms with Gasteiger partial charge in [0, 0.05) is 59.7 Å². The van der Waals surface area contributed by atoms with E-state index in [1.807, 2.05) is 12.1 Å². The molecule has 2 atom stereocenters. The van der Waals surface area contributed by atoms with Crippen molar-refractivity contribution in [1.29, 1.82) is 0 Å². The summed E-state index contributed by atoms with van der Waals surface area (Å²) in [4.78, 5) is 22.5. The zero-order valence-electron chi connectivity index (χ0n) is 22.7. The molecule has 4 heterocycles. The number of hydrogen-bond donors (Lipinski definition) is 1. The van der Waals surface area contributed by atoms with E-state index < -0.39 is 5.97 Å². The van der Waals surface area contributed by atoms with Gasteiger partial charge in [-0.25, -0.2) is 9.78 Å². The van der Waals surface area contributed by atoms with Crippen LogP contribution in [0.2, 0.25) is 10.0 Å². The Morgan fingerprint density at radius 1 is 1.07 bits per heavy atom. The molecule has 42 heavy (non-hydrogen) atoms. The summed E-state index contributed by atoms with van der Waals surface area (Å²) in [7, 11) is 0. The van der Waals surface area contributed by atoms with E-state index in [4.69, 9.17) is 32.5 Å². The number of carboxylic acids is 1. The van der Waals surface area contributed by atoms with Gasteiger partial charge in [0.2, 0.25) is 0 Å². The highest BCUT2D eigenvalue weighted by Gasteiger charge is 2.54. The van der Waals surface area contributed by atoms with Gasteiger partial charge in [-0.15, -0.1) is 0 Å². The van der Waals surface area contributed by atoms with E-state index in [-0.39, 0.29) is 11.8 Å². The topological polar surface area (TPSA) is 102 Å². The number of rotatable bonds is 8. The Kier molecular flexibility index (Phi) is 6.19. The van der Waals surface area contributed by atoms with E-state index in [2.05, 4.69) is 38.2 Å². The van der Waals surface area contributed by atoms with E-state index in [0.29, 0.717) is 56.2 Å². The molecule has 1 N–H and O–H groups in total. The predicted octanol–water partition coefficient (Wildman–Crippen LogP) is 7.49. The number of fused-ring (bicyclic) bond motifs is 2. The summed E-state index contributed by atoms with van der Waals surface area (Å²) in [5.41, 5.74) is 4.07. The van der Waals surface area contributed by atoms with Gasteiger partial charge in [0.05, 0.1) is 21.7 Å². The standard InChI is InChI=1S/C32H28Cl2N4O4/c33-24-12-35-13-25(34)29(24)30-20(31(42-37-30)16-4-5-16)8-7-19-22-14-38(15-23(19)22)17-6-9-26-21(10-17)28(41-18-2-1-3-18)11-27(36-26)32(39)40/h6-13,16,18-19,22-23H,1-5,14-15H2,(H,39,40). The van der Waals surface area contributed by atoms with Crippen molar-refractivity contribution in [3.05, 3.63) is 69.8 Å². The molecule has 1 aromatic carbocycles. The maximum absolute atomic E-state index is 11.7. The van der Waals surface area contributed by atoms with Crippen LogP contribution in [0.3, 0.4) is 0 Å². The maximum Gasteiger partial charge on any atom is 0.354 e. The van der Waals surface area contributed by atoms with Gasteiger partial charge in [0.15, 0.2) is 5.69 Å². The van der Waals surface area contributed by atoms with Crippen LogP contribution in [-0.4, -0.2) is 45.4 Å². The Balaban J connectivity index is 1.02. The fourth-order valence-corrected chi connectivity index (χ4v) is 7.00. The number of halogens is 2. The molecule has 4 aliphatic rings. The van der Waals surface area contributed by atoms with Crippen LogP contribution in [0.5, 0.6) is 5.75 Å². The lowest BCUT2D eigenvalue weighted by Crippen LogP contribution is -2.25. The van der Waals surface area contributed by atoms with Gasteiger partial charge in [-0.3, -0.25) is 4.98 Å². The largest absolute Gasteiger partial charge is 0.490 e. The van der Waals surface area contributed by atoms with Gasteiger partial charge < -0.3 is 19.3 Å². The molecule has 3 saturated carbocycles. The Morgan fingerprint density at radius 3 is 2.50 bits per heavy atom. The third-order valence-electron chi connectivity index (χ3n) is 9.22. The van der Waals surface area contributed by atoms with E-state index in [9.17, 15) is 9.90 Å². The highest BCUT2D eigenvalue weighted by atomic mass is 35.5. The molecule has 0 spiro atoms. The smallest absolute Gasteiger partial charge is 0.354 e. The summed E-state index contributed by atoms with van der Waals surface area (Å²) < 4.78 is 12.0. The quantitative estimate of drug-likeness (QED) is 0.221. The van der Waals surface area contributed by atoms with Crippen LogP contribution in [0.15, 0.2) is 47.3 Å². The number of pyridine rings is 2. The van der Waals surface area contributed by atoms with Crippen LogP contribution in [0.1, 0.15) is 59.8 Å². The maximum atomic E-state index is 11.7. The number of anilines is 1. The number of aromatic carboxylic acids is 1. The average Bonchev–Trinajstić information content (AvgIpc) is 3.82. The highest BCUT2D eigenvalue weighted by molar-refractivity contribution is 6.39. The molecule has 1 aliphatic heterocycles. The van der Waals surface area contributed by atoms with E-state index in [0.717, 1.165) is 67.6 Å². The molecule has 2 unspecified atom stereocenters. The van der Waals surface area contributed by atoms with Crippen molar-refractivity contribution in [2.45, 2.75) is 44.1 Å². The monoisotopic (exact) mass is 602 g/mol. The molecule has 0 amide bonds. The molecular weight excluding hydrogens is 575 g/mol. The number of carbonyl (C=O) groups is 1. The molecule has 0 bridgehead atoms. The molecule has 10 heteroatoms. The number of nitrogens with zero attached hydrogens (tertiary/aromatic N) is 4. The molecule has 3 aromatic heterocycles. The first-order chi connectivity index (χ1) is 20.4. The predicted molar refractivity (Wildman–Crippen MR) is 160 cm³/mol. The van der Waals surface area contributed by atoms with Crippen molar-refractivity contribution in [2.24, 2.45) is 17.8 Å². The van der Waals surface area contributed by atoms with Crippen LogP contribution < -0.4 is 9.64 Å². The van der Waals surface area contributed by atoms with Crippen molar-refractivity contribution in [2.75, 3.05) is 18.0 Å². The minimum Gasteiger partial charge on any atom is -0.490 e. The number of allylic oxidation sites excluding steroid dienone is 1. The van der Waals surface area contributed by atoms with Crippen molar-refractivity contribution in [1.82, 2.24) is 15.1 Å². The average molecular weight is 604 g/mol. The van der Waals surface area contributed by atoms with Gasteiger partial charge in [0.25, 0.3) is 0 Å². The van der Waals surface area contributed by atoms with Crippen molar-refractivity contribution >= 4 is 51.8 Å². The third-order valence-corrected chi connectivity index (χ3v) is 9.80. The van der Waals surface area contributed by atoms with Crippen LogP contribution in [0.4, 0.5) is 5.69 Å². The Hall–Kier alpha value is -3.62. The Morgan fingerprint density at radius 2 is 1.83 bits per heavy atom. The molecule has 8 rings (SSSR count). The minimum atomic E-state index is -1.05. The highest BCUT2D eigenvalue weighted by Crippen LogP contribution is 2.54. The van der Waals surface area contributed by atoms with Crippen LogP contribution in [0, 0.1) is 17.8 Å². The summed E-state index contributed by atoms with van der Waals surface area (Å²) in [6.45, 7) is 1.91. The molecule has 1 saturated heterocycles. The third kappa shape index (κ3) is 4.52. The van der Waals surface area contributed by atoms with Crippen LogP contribution in [-0.2, 0) is 0 Å². The van der Waals surface area contributed by atoms with Crippen LogP contribution >= 0.6 is 23.2 Å². The van der Waals surface area contributed by atoms with Gasteiger partial charge in [-0.1, -0.05) is 40.5 Å². The van der Waals surface area contributed by atoms with Crippen LogP contribution in [0.25, 0.3) is 28.2 Å². The fraction of sp³-hybridized carbons (Fsp3) is 0.375. The Labute approximate surface area is 252 Å². The number of ether oxygens (including phenoxy) is 1. The lowest BCUT2D eigenvalue weighted by molar-refractivity contribution is 0.0689. The minimum absolute atomic E-state index is 0.0101. The summed E-state index contributed by atoms with van der Waals surface area (Å²) >= 11 is 12.9. The number of piperidine rings is 1. The van der Waals surface area contributed by atoms with Crippen molar-refractivity contribution in [3.63, 3.8) is 0 Å². The molecule has 4 aromatic rings. The molecular formula is C32H28Cl2N4O4. The zero-order valence-corrected chi connectivity index (χ0v) is 24.2. The number of carboxylic acid groups (broad SMARTS) is 1. The SMILES string of the molecule is O=C(O)c1cc(OC2CCC2)c2cc(N3CC4C(C=Cc5c(-c6c(Cl)cncc6Cl)noc5C5CC5)C4C3)ccc2n1. The summed E-state index contributed by atoms with van der Waals surface area (Å²) in [5, 5.41) is 15.7. The summed E-state index contributed by atoms with van der Waals surface area (Å²) in [6.07, 6.45) is 13.1. The lowest BCUT2D eigenvalue weighted by Gasteiger charge is -2.27. The van der Waals surface area contributed by atoms with E-state index >= 15 is 0 Å². The van der Waals surface area contributed by atoms with E-state index in [1.54, 1.807) is 18.5 Å². The summed E-state index contributed by atoms with van der Waals surface area (Å²) in [6, 6.07) is 7.62. The summed E-state index contributed by atoms with van der Waals surface area (Å²) in [5.74, 6) is 2.48. The number of aromatic nitrogens is 3. The van der Waals surface area contributed by atoms with Gasteiger partial charge in [0.1, 0.15) is 17.2 Å². The van der Waals surface area contributed by atoms with E-state index in [1.165, 1.54) is 0 Å². The van der Waals surface area contributed by atoms with Gasteiger partial charge >= 0.3 is 5.97 Å². The van der Waals surface area contributed by atoms with Crippen molar-refractivity contribution in [3.8, 4) is 17.0 Å². The molecule has 3 aliphatic carbocycles. The van der Waals surface area contributed by atoms with Crippen molar-refractivity contribution < 1.29 is 19.2 Å². The number of hydrogen-bond acceptors (Lipinski definition) is 7. The second-order valence-electron chi connectivity index (χ2n) is 11.9. The molecule has 0 radical (unpaired) electrons. The number of benzene rings is 1. The Bertz CT molecular complexity index is 1730. The second kappa shape index (κ2) is 9.99. The zero-order chi connectivity index (χ0) is 28.5. The first-order valence-corrected chi connectivity index (χ1v) is 15.3. The molecule has 214 valence electrons.